The predicted molar refractivity (Wildman–Crippen MR) is 167 cm³/mol. The van der Waals surface area contributed by atoms with E-state index in [1.54, 1.807) is 61.3 Å². The lowest BCUT2D eigenvalue weighted by Crippen LogP contribution is -2.59. The summed E-state index contributed by atoms with van der Waals surface area (Å²) in [6.07, 6.45) is 3.81. The van der Waals surface area contributed by atoms with Gasteiger partial charge in [-0.1, -0.05) is 56.5 Å². The maximum absolute atomic E-state index is 14.4. The normalized spacial score (nSPS) is 12.7. The number of nitrogens with two attached hydrogens (primary N) is 1. The highest BCUT2D eigenvalue weighted by Crippen LogP contribution is 2.23. The van der Waals surface area contributed by atoms with Crippen LogP contribution in [0.15, 0.2) is 55.1 Å². The van der Waals surface area contributed by atoms with Crippen LogP contribution in [0.1, 0.15) is 60.7 Å². The Hall–Kier alpha value is -3.77. The van der Waals surface area contributed by atoms with Gasteiger partial charge in [-0.2, -0.15) is 5.10 Å². The van der Waals surface area contributed by atoms with Gasteiger partial charge in [-0.3, -0.25) is 14.4 Å². The minimum absolute atomic E-state index is 0. The van der Waals surface area contributed by atoms with E-state index in [1.165, 1.54) is 18.3 Å². The van der Waals surface area contributed by atoms with Crippen LogP contribution in [0.5, 0.6) is 0 Å². The number of hydrogen-bond donors (Lipinski definition) is 1. The molecular weight excluding hydrogens is 592 g/mol. The standard InChI is InChI=1S/C30H40N6O5S.ClH/c1-7-8-13-42(40,41)36(27(20(2)3)28(31)37)30(39)26(34(6)29(38)24-15-21(4)14-22(5)16-24)17-23-9-11-25(12-10-23)35-19-32-18-33-35;/h9-12,14-16,18-20,26-27H,7-8,13,17H2,1-6H3,(H2,31,37);1H/t26-,27-;/m0./s1. The van der Waals surface area contributed by atoms with Crippen LogP contribution in [0.2, 0.25) is 0 Å². The van der Waals surface area contributed by atoms with Crippen molar-refractivity contribution in [1.82, 2.24) is 24.0 Å². The molecule has 11 nitrogen and oxygen atoms in total. The van der Waals surface area contributed by atoms with E-state index >= 15 is 0 Å². The number of primary amides is 1. The molecule has 1 heterocycles. The van der Waals surface area contributed by atoms with Gasteiger partial charge in [-0.15, -0.1) is 12.4 Å². The van der Waals surface area contributed by atoms with Crippen LogP contribution in [-0.4, -0.2) is 75.0 Å². The smallest absolute Gasteiger partial charge is 0.259 e. The molecule has 3 rings (SSSR count). The summed E-state index contributed by atoms with van der Waals surface area (Å²) in [5.74, 6) is -3.20. The number of amides is 3. The predicted octanol–water partition coefficient (Wildman–Crippen LogP) is 3.46. The number of sulfonamides is 1. The Bertz CT molecular complexity index is 1490. The number of nitrogens with zero attached hydrogens (tertiary/aromatic N) is 5. The van der Waals surface area contributed by atoms with Gasteiger partial charge in [0.1, 0.15) is 24.7 Å². The zero-order valence-electron chi connectivity index (χ0n) is 25.4. The number of halogens is 1. The molecule has 43 heavy (non-hydrogen) atoms. The highest BCUT2D eigenvalue weighted by Gasteiger charge is 2.43. The van der Waals surface area contributed by atoms with Crippen molar-refractivity contribution in [2.24, 2.45) is 11.7 Å². The van der Waals surface area contributed by atoms with E-state index in [2.05, 4.69) is 10.1 Å². The van der Waals surface area contributed by atoms with Gasteiger partial charge in [-0.25, -0.2) is 22.4 Å². The summed E-state index contributed by atoms with van der Waals surface area (Å²) in [7, 11) is -2.79. The van der Waals surface area contributed by atoms with Crippen molar-refractivity contribution >= 4 is 40.2 Å². The van der Waals surface area contributed by atoms with Gasteiger partial charge in [0.25, 0.3) is 11.8 Å². The van der Waals surface area contributed by atoms with Crippen LogP contribution in [0.4, 0.5) is 0 Å². The molecule has 0 aliphatic carbocycles. The van der Waals surface area contributed by atoms with Crippen molar-refractivity contribution in [2.45, 2.75) is 66.0 Å². The first-order chi connectivity index (χ1) is 19.8. The molecule has 13 heteroatoms. The molecule has 2 aromatic carbocycles. The summed E-state index contributed by atoms with van der Waals surface area (Å²) in [6.45, 7) is 8.83. The number of rotatable bonds is 13. The number of carbonyl (C=O) groups is 3. The fourth-order valence-electron chi connectivity index (χ4n) is 4.92. The Balaban J connectivity index is 0.00000645. The topological polar surface area (TPSA) is 149 Å². The number of carbonyl (C=O) groups excluding carboxylic acids is 3. The lowest BCUT2D eigenvalue weighted by molar-refractivity contribution is -0.138. The molecule has 0 aliphatic rings. The molecule has 0 aliphatic heterocycles. The van der Waals surface area contributed by atoms with E-state index in [4.69, 9.17) is 5.73 Å². The van der Waals surface area contributed by atoms with Crippen LogP contribution < -0.4 is 5.73 Å². The van der Waals surface area contributed by atoms with Gasteiger partial charge < -0.3 is 10.6 Å². The summed E-state index contributed by atoms with van der Waals surface area (Å²) in [6, 6.07) is 9.81. The SMILES string of the molecule is CCCCS(=O)(=O)N(C(=O)[C@H](Cc1ccc(-n2cncn2)cc1)N(C)C(=O)c1cc(C)cc(C)c1)[C@H](C(N)=O)C(C)C.Cl. The molecule has 3 amide bonds. The van der Waals surface area contributed by atoms with E-state index < -0.39 is 45.7 Å². The van der Waals surface area contributed by atoms with E-state index in [0.717, 1.165) is 16.8 Å². The van der Waals surface area contributed by atoms with Gasteiger partial charge in [-0.05, 0) is 56.0 Å². The summed E-state index contributed by atoms with van der Waals surface area (Å²) < 4.78 is 29.5. The van der Waals surface area contributed by atoms with Gasteiger partial charge in [0.15, 0.2) is 0 Å². The van der Waals surface area contributed by atoms with Crippen LogP contribution in [0, 0.1) is 19.8 Å². The molecule has 234 valence electrons. The van der Waals surface area contributed by atoms with E-state index in [9.17, 15) is 22.8 Å². The highest BCUT2D eigenvalue weighted by atomic mass is 35.5. The molecule has 0 fully saturated rings. The second-order valence-corrected chi connectivity index (χ2v) is 12.9. The quantitative estimate of drug-likeness (QED) is 0.303. The average molecular weight is 633 g/mol. The van der Waals surface area contributed by atoms with E-state index in [-0.39, 0.29) is 24.6 Å². The molecule has 0 radical (unpaired) electrons. The summed E-state index contributed by atoms with van der Waals surface area (Å²) in [5.41, 5.74) is 9.20. The van der Waals surface area contributed by atoms with Gasteiger partial charge in [0.2, 0.25) is 15.9 Å². The van der Waals surface area contributed by atoms with Crippen molar-refractivity contribution < 1.29 is 22.8 Å². The van der Waals surface area contributed by atoms with E-state index in [0.29, 0.717) is 28.3 Å². The fourth-order valence-corrected chi connectivity index (χ4v) is 6.86. The first-order valence-corrected chi connectivity index (χ1v) is 15.5. The number of benzene rings is 2. The lowest BCUT2D eigenvalue weighted by Gasteiger charge is -2.36. The first-order valence-electron chi connectivity index (χ1n) is 13.9. The van der Waals surface area contributed by atoms with Gasteiger partial charge >= 0.3 is 0 Å². The molecule has 2 N–H and O–H groups in total. The second kappa shape index (κ2) is 15.1. The molecule has 0 unspecified atom stereocenters. The van der Waals surface area contributed by atoms with Crippen molar-refractivity contribution in [1.29, 1.82) is 0 Å². The number of aromatic nitrogens is 3. The zero-order chi connectivity index (χ0) is 31.2. The highest BCUT2D eigenvalue weighted by molar-refractivity contribution is 7.89. The summed E-state index contributed by atoms with van der Waals surface area (Å²) in [4.78, 5) is 46.0. The minimum atomic E-state index is -4.26. The molecule has 1 aromatic heterocycles. The molecule has 0 bridgehead atoms. The number of aryl methyl sites for hydroxylation is 2. The van der Waals surface area contributed by atoms with Crippen LogP contribution >= 0.6 is 12.4 Å². The minimum Gasteiger partial charge on any atom is -0.368 e. The third-order valence-corrected chi connectivity index (χ3v) is 8.85. The molecule has 0 saturated heterocycles. The first kappa shape index (κ1) is 35.4. The maximum atomic E-state index is 14.4. The number of unbranched alkanes of at least 4 members (excludes halogenated alkanes) is 1. The van der Waals surface area contributed by atoms with Crippen molar-refractivity contribution in [2.75, 3.05) is 12.8 Å². The molecular formula is C30H41ClN6O5S. The van der Waals surface area contributed by atoms with Crippen LogP contribution in [0.25, 0.3) is 5.69 Å². The molecule has 0 saturated carbocycles. The average Bonchev–Trinajstić information content (AvgIpc) is 3.47. The number of hydrogen-bond acceptors (Lipinski definition) is 7. The van der Waals surface area contributed by atoms with Crippen molar-refractivity contribution in [3.8, 4) is 5.69 Å². The molecule has 0 spiro atoms. The van der Waals surface area contributed by atoms with Crippen molar-refractivity contribution in [3.63, 3.8) is 0 Å². The Morgan fingerprint density at radius 3 is 2.12 bits per heavy atom. The third-order valence-electron chi connectivity index (χ3n) is 7.04. The summed E-state index contributed by atoms with van der Waals surface area (Å²) >= 11 is 0. The Morgan fingerprint density at radius 1 is 1.02 bits per heavy atom. The monoisotopic (exact) mass is 632 g/mol. The van der Waals surface area contributed by atoms with Gasteiger partial charge in [0.05, 0.1) is 11.4 Å². The third kappa shape index (κ3) is 8.64. The maximum Gasteiger partial charge on any atom is 0.259 e. The fraction of sp³-hybridized carbons (Fsp3) is 0.433. The Morgan fingerprint density at radius 2 is 1.63 bits per heavy atom. The number of likely N-dealkylation sites (N-methyl/N-ethyl adjacent to an activating group) is 1. The van der Waals surface area contributed by atoms with E-state index in [1.807, 2.05) is 26.8 Å². The van der Waals surface area contributed by atoms with Crippen LogP contribution in [-0.2, 0) is 26.0 Å². The molecule has 3 aromatic rings. The largest absolute Gasteiger partial charge is 0.368 e. The Kier molecular flexibility index (Phi) is 12.4. The summed E-state index contributed by atoms with van der Waals surface area (Å²) in [5, 5.41) is 4.11. The van der Waals surface area contributed by atoms with Gasteiger partial charge in [0, 0.05) is 19.0 Å². The van der Waals surface area contributed by atoms with Crippen LogP contribution in [0.3, 0.4) is 0 Å². The zero-order valence-corrected chi connectivity index (χ0v) is 27.1. The Labute approximate surface area is 259 Å². The molecule has 2 atom stereocenters. The van der Waals surface area contributed by atoms with Crippen molar-refractivity contribution in [3.05, 3.63) is 77.4 Å². The second-order valence-electron chi connectivity index (χ2n) is 10.9. The lowest BCUT2D eigenvalue weighted by atomic mass is 9.99.